The summed E-state index contributed by atoms with van der Waals surface area (Å²) >= 11 is 0. The third kappa shape index (κ3) is 9.12. The number of hydrogen-bond donors (Lipinski definition) is 19. The number of cyclic esters (lactones) is 1. The van der Waals surface area contributed by atoms with Gasteiger partial charge in [0.15, 0.2) is 111 Å². The SMILES string of the molecule is O=C(O[C@@H]1[C@H]2OC(=O)c3cc(O)c(O)c(O)c3-c3cc(c(Oc4c(C(=O)O)cc(O)c(O)c4O)c(O)c3O)C(=O)OC[C@@H]2O[C@H](O)[C@@H]1OC(=O)c1cc(O)c(O)c(O)c1Oc1cc2c(=O)oc3c(O)c(O)cc4c(=O)oc(c1O)c2c34)c1cc(O)c(O)c(O)c1. The number of carboxylic acids is 1. The molecule has 35 nitrogen and oxygen atoms in total. The van der Waals surface area contributed by atoms with Crippen molar-refractivity contribution in [2.75, 3.05) is 6.61 Å². The molecule has 1 saturated heterocycles. The number of ether oxygens (including phenoxy) is 7. The van der Waals surface area contributed by atoms with Crippen LogP contribution in [-0.2, 0) is 23.7 Å². The highest BCUT2D eigenvalue weighted by Crippen LogP contribution is 2.56. The van der Waals surface area contributed by atoms with Gasteiger partial charge in [0.25, 0.3) is 0 Å². The van der Waals surface area contributed by atoms with Crippen LogP contribution in [0.4, 0.5) is 0 Å². The molecule has 0 spiro atoms. The van der Waals surface area contributed by atoms with Crippen LogP contribution in [0.3, 0.4) is 0 Å². The molecule has 9 aromatic rings. The molecule has 19 N–H and O–H groups in total. The zero-order valence-electron chi connectivity index (χ0n) is 43.7. The number of phenolic OH excluding ortho intramolecular Hbond substituents is 17. The summed E-state index contributed by atoms with van der Waals surface area (Å²) in [6.45, 7) is -1.44. The second-order valence-corrected chi connectivity index (χ2v) is 19.3. The predicted molar refractivity (Wildman–Crippen MR) is 283 cm³/mol. The molecule has 464 valence electrons. The smallest absolute Gasteiger partial charge is 0.344 e. The molecule has 7 aromatic carbocycles. The van der Waals surface area contributed by atoms with Gasteiger partial charge in [-0.2, -0.15) is 0 Å². The molecule has 0 saturated carbocycles. The van der Waals surface area contributed by atoms with E-state index in [1.807, 2.05) is 0 Å². The van der Waals surface area contributed by atoms with Gasteiger partial charge in [0.05, 0.1) is 21.9 Å². The average Bonchev–Trinajstić information content (AvgIpc) is 0.722. The Morgan fingerprint density at radius 2 is 0.967 bits per heavy atom. The molecule has 0 amide bonds. The largest absolute Gasteiger partial charge is 0.504 e. The highest BCUT2D eigenvalue weighted by molar-refractivity contribution is 6.22. The van der Waals surface area contributed by atoms with Crippen LogP contribution in [0.5, 0.6) is 121 Å². The lowest BCUT2D eigenvalue weighted by Crippen LogP contribution is -2.62. The number of fused-ring (bicyclic) bond motifs is 5. The first kappa shape index (κ1) is 58.7. The average molecular weight is 1250 g/mol. The monoisotopic (exact) mass is 1250 g/mol. The van der Waals surface area contributed by atoms with Crippen LogP contribution in [-0.4, -0.2) is 164 Å². The highest BCUT2D eigenvalue weighted by Gasteiger charge is 2.54. The topological polar surface area (TPSA) is 595 Å². The van der Waals surface area contributed by atoms with E-state index >= 15 is 0 Å². The Labute approximate surface area is 490 Å². The maximum Gasteiger partial charge on any atom is 0.344 e. The predicted octanol–water partition coefficient (Wildman–Crippen LogP) is 3.30. The first-order valence-corrected chi connectivity index (χ1v) is 24.7. The molecule has 1 fully saturated rings. The van der Waals surface area contributed by atoms with Crippen molar-refractivity contribution in [2.24, 2.45) is 0 Å². The molecular weight excluding hydrogens is 1220 g/mol. The van der Waals surface area contributed by atoms with E-state index in [-0.39, 0.29) is 11.5 Å². The summed E-state index contributed by atoms with van der Waals surface area (Å²) in [6, 6.07) is 3.68. The summed E-state index contributed by atoms with van der Waals surface area (Å²) in [7, 11) is 0. The van der Waals surface area contributed by atoms with E-state index in [0.29, 0.717) is 36.4 Å². The summed E-state index contributed by atoms with van der Waals surface area (Å²) in [6.07, 6.45) is -13.3. The zero-order chi connectivity index (χ0) is 65.3. The molecule has 11 rings (SSSR count). The Morgan fingerprint density at radius 1 is 0.456 bits per heavy atom. The third-order valence-corrected chi connectivity index (χ3v) is 14.0. The molecule has 2 aliphatic heterocycles. The lowest BCUT2D eigenvalue weighted by Gasteiger charge is -2.43. The van der Waals surface area contributed by atoms with E-state index in [0.717, 1.165) is 6.07 Å². The minimum atomic E-state index is -2.84. The number of aliphatic hydroxyl groups is 1. The fourth-order valence-electron chi connectivity index (χ4n) is 9.75. The van der Waals surface area contributed by atoms with Crippen molar-refractivity contribution in [3.05, 3.63) is 97.2 Å². The zero-order valence-corrected chi connectivity index (χ0v) is 43.7. The van der Waals surface area contributed by atoms with Crippen LogP contribution in [0, 0.1) is 0 Å². The summed E-state index contributed by atoms with van der Waals surface area (Å²) < 4.78 is 49.3. The molecule has 4 heterocycles. The van der Waals surface area contributed by atoms with E-state index in [4.69, 9.17) is 42.0 Å². The Hall–Kier alpha value is -13.1. The van der Waals surface area contributed by atoms with Crippen LogP contribution in [0.1, 0.15) is 51.8 Å². The van der Waals surface area contributed by atoms with Crippen LogP contribution < -0.4 is 20.7 Å². The van der Waals surface area contributed by atoms with Gasteiger partial charge in [-0.15, -0.1) is 0 Å². The number of phenols is 17. The molecule has 0 aliphatic carbocycles. The van der Waals surface area contributed by atoms with Gasteiger partial charge in [-0.05, 0) is 30.3 Å². The normalized spacial score (nSPS) is 17.3. The fraction of sp³-hybridized carbons (Fsp3) is 0.109. The summed E-state index contributed by atoms with van der Waals surface area (Å²) in [4.78, 5) is 96.9. The number of aliphatic hydroxyl groups excluding tert-OH is 1. The third-order valence-electron chi connectivity index (χ3n) is 14.0. The van der Waals surface area contributed by atoms with Gasteiger partial charge < -0.3 is 139 Å². The second-order valence-electron chi connectivity index (χ2n) is 19.3. The lowest BCUT2D eigenvalue weighted by molar-refractivity contribution is -0.284. The van der Waals surface area contributed by atoms with Crippen molar-refractivity contribution in [3.8, 4) is 132 Å². The van der Waals surface area contributed by atoms with Crippen molar-refractivity contribution < 1.29 is 163 Å². The van der Waals surface area contributed by atoms with Gasteiger partial charge in [-0.25, -0.2) is 33.6 Å². The number of aromatic carboxylic acids is 1. The van der Waals surface area contributed by atoms with Crippen LogP contribution in [0.15, 0.2) is 67.0 Å². The molecule has 2 aliphatic rings. The van der Waals surface area contributed by atoms with Gasteiger partial charge >= 0.3 is 41.1 Å². The number of carbonyl (C=O) groups excluding carboxylic acids is 4. The van der Waals surface area contributed by atoms with E-state index in [9.17, 15) is 131 Å². The number of carboxylic acid groups (broad SMARTS) is 1. The molecule has 2 bridgehead atoms. The van der Waals surface area contributed by atoms with E-state index in [2.05, 4.69) is 0 Å². The van der Waals surface area contributed by atoms with Gasteiger partial charge in [-0.1, -0.05) is 0 Å². The minimum Gasteiger partial charge on any atom is -0.504 e. The summed E-state index contributed by atoms with van der Waals surface area (Å²) in [5.74, 6) is -38.0. The maximum absolute atomic E-state index is 14.7. The standard InChI is InChI=1S/C55H34O35/c56-18-1-10(2-19(57)30(18)63)49(75)89-46-43-25(9-82-50(76)16-3-11(26-12(51(77)86-43)4-20(58)31(64)36(26)69)29(62)37(70)42(16)85-40-15(48(73)74)6-21(59)32(65)38(40)71)84-55(81)47(46)90-54(80)17-7-22(60)33(66)39(72)41(17)83-24-8-14-28-27-13(52(78)88-45(28)35(24)68)5-23(61)34(67)44(27)87-53(14)79/h1-8,25,43,46-47,55-72,81H,9H2,(H,73,74)/t25-,43-,46+,47+,55-/m0/s1. The highest BCUT2D eigenvalue weighted by atomic mass is 16.7. The molecule has 0 radical (unpaired) electrons. The molecule has 5 atom stereocenters. The van der Waals surface area contributed by atoms with Crippen molar-refractivity contribution >= 4 is 62.6 Å². The van der Waals surface area contributed by atoms with Crippen LogP contribution in [0.2, 0.25) is 0 Å². The molecular formula is C55H34O35. The Bertz CT molecular complexity index is 4780. The fourth-order valence-corrected chi connectivity index (χ4v) is 9.75. The Balaban J connectivity index is 1.04. The van der Waals surface area contributed by atoms with Crippen LogP contribution >= 0.6 is 0 Å². The van der Waals surface area contributed by atoms with E-state index in [1.165, 1.54) is 0 Å². The quantitative estimate of drug-likeness (QED) is 0.0324. The number of carbonyl (C=O) groups is 5. The number of esters is 4. The number of hydrogen-bond acceptors (Lipinski definition) is 34. The molecule has 35 heteroatoms. The molecule has 0 unspecified atom stereocenters. The van der Waals surface area contributed by atoms with Crippen molar-refractivity contribution in [3.63, 3.8) is 0 Å². The molecule has 90 heavy (non-hydrogen) atoms. The van der Waals surface area contributed by atoms with E-state index in [1.54, 1.807) is 0 Å². The number of benzene rings is 7. The number of rotatable bonds is 9. The Morgan fingerprint density at radius 3 is 1.58 bits per heavy atom. The van der Waals surface area contributed by atoms with Gasteiger partial charge in [0.2, 0.25) is 46.0 Å². The van der Waals surface area contributed by atoms with Crippen molar-refractivity contribution in [2.45, 2.75) is 30.7 Å². The van der Waals surface area contributed by atoms with Crippen LogP contribution in [0.25, 0.3) is 43.8 Å². The first-order chi connectivity index (χ1) is 42.4. The Kier molecular flexibility index (Phi) is 13.6. The number of aromatic hydroxyl groups is 17. The van der Waals surface area contributed by atoms with Crippen molar-refractivity contribution in [1.29, 1.82) is 0 Å². The van der Waals surface area contributed by atoms with Gasteiger partial charge in [-0.3, -0.25) is 0 Å². The van der Waals surface area contributed by atoms with Crippen molar-refractivity contribution in [1.82, 2.24) is 0 Å². The minimum absolute atomic E-state index is 0.287. The maximum atomic E-state index is 14.7. The molecule has 2 aromatic heterocycles. The van der Waals surface area contributed by atoms with E-state index < -0.39 is 265 Å². The first-order valence-electron chi connectivity index (χ1n) is 24.7. The summed E-state index contributed by atoms with van der Waals surface area (Å²) in [5.41, 5.74) is -12.6. The second kappa shape index (κ2) is 20.9. The van der Waals surface area contributed by atoms with Gasteiger partial charge in [0, 0.05) is 40.1 Å². The lowest BCUT2D eigenvalue weighted by atomic mass is 9.93. The summed E-state index contributed by atoms with van der Waals surface area (Å²) in [5, 5.41) is 202. The van der Waals surface area contributed by atoms with Gasteiger partial charge in [0.1, 0.15) is 29.4 Å².